The fourth-order valence-corrected chi connectivity index (χ4v) is 0.958. The van der Waals surface area contributed by atoms with Gasteiger partial charge >= 0.3 is 46.1 Å². The molecule has 32 valence electrons. The topological polar surface area (TPSA) is 0 Å². The number of halogens is 2. The summed E-state index contributed by atoms with van der Waals surface area (Å²) in [5.41, 5.74) is 0. The summed E-state index contributed by atoms with van der Waals surface area (Å²) in [6.07, 6.45) is 1.97. The van der Waals surface area contributed by atoms with Gasteiger partial charge in [0.05, 0.1) is 0 Å². The number of allylic oxidation sites excluding steroid dienone is 1. The number of hydrogen-bond donors (Lipinski definition) is 0. The minimum absolute atomic E-state index is 0.101. The first-order chi connectivity index (χ1) is 2.41. The van der Waals surface area contributed by atoms with Crippen LogP contribution in [0.3, 0.4) is 0 Å². The van der Waals surface area contributed by atoms with Gasteiger partial charge in [0.2, 0.25) is 0 Å². The molecule has 0 heterocycles. The summed E-state index contributed by atoms with van der Waals surface area (Å²) < 4.78 is 2.00. The molecule has 0 fully saturated rings. The fourth-order valence-electron chi connectivity index (χ4n) is 0.0476. The Kier molecular flexibility index (Phi) is 5.48. The van der Waals surface area contributed by atoms with Crippen molar-refractivity contribution in [2.45, 2.75) is 6.92 Å². The zero-order valence-corrected chi connectivity index (χ0v) is 5.82. The molecule has 0 aromatic rings. The Balaban J connectivity index is 2.62. The van der Waals surface area contributed by atoms with Crippen LogP contribution in [0.4, 0.5) is 0 Å². The average Bonchev–Trinajstić information content (AvgIpc) is 1.41. The van der Waals surface area contributed by atoms with E-state index in [-0.39, 0.29) is 20.1 Å². The molecule has 0 aliphatic rings. The van der Waals surface area contributed by atoms with Crippen molar-refractivity contribution in [3.63, 3.8) is 0 Å². The van der Waals surface area contributed by atoms with Crippen molar-refractivity contribution < 1.29 is 20.1 Å². The molecular weight excluding hydrogens is 198 g/mol. The molecule has 0 aromatic carbocycles. The number of hydrogen-bond acceptors (Lipinski definition) is 0. The summed E-state index contributed by atoms with van der Waals surface area (Å²) in [5.74, 6) is 0. The van der Waals surface area contributed by atoms with Gasteiger partial charge in [0.1, 0.15) is 0 Å². The molecule has 0 aromatic heterocycles. The van der Waals surface area contributed by atoms with Gasteiger partial charge in [-0.15, -0.1) is 0 Å². The van der Waals surface area contributed by atoms with Crippen molar-refractivity contribution in [1.29, 1.82) is 0 Å². The van der Waals surface area contributed by atoms with E-state index in [0.717, 1.165) is 0 Å². The molecule has 0 spiro atoms. The maximum atomic E-state index is 5.32. The van der Waals surface area contributed by atoms with Gasteiger partial charge in [0, 0.05) is 0 Å². The van der Waals surface area contributed by atoms with Crippen LogP contribution in [0.5, 0.6) is 0 Å². The van der Waals surface area contributed by atoms with Crippen molar-refractivity contribution in [1.82, 2.24) is 0 Å². The Morgan fingerprint density at radius 3 is 2.40 bits per heavy atom. The summed E-state index contributed by atoms with van der Waals surface area (Å²) in [4.78, 5) is 0. The third-order valence-corrected chi connectivity index (χ3v) is 1.80. The molecule has 0 bridgehead atoms. The van der Waals surface area contributed by atoms with Crippen LogP contribution in [0.2, 0.25) is 0 Å². The molecule has 0 radical (unpaired) electrons. The molecule has 0 aliphatic carbocycles. The summed E-state index contributed by atoms with van der Waals surface area (Å²) in [7, 11) is 5.32. The Morgan fingerprint density at radius 2 is 2.40 bits per heavy atom. The van der Waals surface area contributed by atoms with Crippen LogP contribution in [-0.2, 0) is 0 Å². The SMILES string of the molecule is CC=C[I-]Cl. The first-order valence-corrected chi connectivity index (χ1v) is 5.25. The zero-order valence-electron chi connectivity index (χ0n) is 2.91. The average molecular weight is 203 g/mol. The second-order valence-corrected chi connectivity index (χ2v) is 2.84. The van der Waals surface area contributed by atoms with E-state index < -0.39 is 0 Å². The molecule has 0 unspecified atom stereocenters. The van der Waals surface area contributed by atoms with Crippen LogP contribution < -0.4 is 20.1 Å². The van der Waals surface area contributed by atoms with Gasteiger partial charge in [-0.1, -0.05) is 0 Å². The van der Waals surface area contributed by atoms with Gasteiger partial charge in [-0.2, -0.15) is 0 Å². The Morgan fingerprint density at radius 1 is 1.80 bits per heavy atom. The van der Waals surface area contributed by atoms with Crippen LogP contribution in [0.1, 0.15) is 6.92 Å². The molecule has 0 aliphatic heterocycles. The zero-order chi connectivity index (χ0) is 4.12. The molecule has 2 heteroatoms. The maximum absolute atomic E-state index is 5.32. The monoisotopic (exact) mass is 203 g/mol. The first-order valence-electron chi connectivity index (χ1n) is 1.27. The quantitative estimate of drug-likeness (QED) is 0.468. The van der Waals surface area contributed by atoms with E-state index in [1.54, 1.807) is 0 Å². The van der Waals surface area contributed by atoms with Gasteiger partial charge in [-0.05, 0) is 0 Å². The van der Waals surface area contributed by atoms with E-state index in [9.17, 15) is 0 Å². The molecule has 0 saturated carbocycles. The predicted molar refractivity (Wildman–Crippen MR) is 20.7 cm³/mol. The second kappa shape index (κ2) is 4.76. The second-order valence-electron chi connectivity index (χ2n) is 0.542. The standard InChI is InChI=1S/C3H5ClI/c1-2-3-5-4/h2-3H,1H3/q-1. The van der Waals surface area contributed by atoms with E-state index in [0.29, 0.717) is 0 Å². The number of rotatable bonds is 1. The van der Waals surface area contributed by atoms with E-state index in [1.165, 1.54) is 0 Å². The van der Waals surface area contributed by atoms with Crippen LogP contribution in [0, 0.1) is 0 Å². The minimum atomic E-state index is -0.101. The van der Waals surface area contributed by atoms with Crippen molar-refractivity contribution in [3.8, 4) is 0 Å². The molecule has 0 rings (SSSR count). The Labute approximate surface area is 46.2 Å². The van der Waals surface area contributed by atoms with Gasteiger partial charge in [-0.3, -0.25) is 0 Å². The van der Waals surface area contributed by atoms with Gasteiger partial charge < -0.3 is 0 Å². The fraction of sp³-hybridized carbons (Fsp3) is 0.333. The Bertz CT molecular complexity index is 33.9. The third kappa shape index (κ3) is 4.76. The van der Waals surface area contributed by atoms with Crippen molar-refractivity contribution in [2.24, 2.45) is 0 Å². The van der Waals surface area contributed by atoms with Crippen LogP contribution >= 0.6 is 8.91 Å². The normalized spacial score (nSPS) is 10.8. The molecule has 0 nitrogen and oxygen atoms in total. The van der Waals surface area contributed by atoms with Gasteiger partial charge in [-0.25, -0.2) is 0 Å². The van der Waals surface area contributed by atoms with E-state index >= 15 is 0 Å². The van der Waals surface area contributed by atoms with Gasteiger partial charge in [0.25, 0.3) is 0 Å². The van der Waals surface area contributed by atoms with E-state index in [2.05, 4.69) is 0 Å². The van der Waals surface area contributed by atoms with Crippen molar-refractivity contribution >= 4 is 8.91 Å². The van der Waals surface area contributed by atoms with E-state index in [4.69, 9.17) is 8.91 Å². The van der Waals surface area contributed by atoms with Crippen LogP contribution in [0.15, 0.2) is 10.2 Å². The van der Waals surface area contributed by atoms with Crippen molar-refractivity contribution in [2.75, 3.05) is 0 Å². The van der Waals surface area contributed by atoms with Gasteiger partial charge in [0.15, 0.2) is 0 Å². The summed E-state index contributed by atoms with van der Waals surface area (Å²) in [6, 6.07) is 0. The summed E-state index contributed by atoms with van der Waals surface area (Å²) in [5, 5.41) is 0. The summed E-state index contributed by atoms with van der Waals surface area (Å²) >= 11 is -0.101. The van der Waals surface area contributed by atoms with E-state index in [1.807, 2.05) is 17.1 Å². The van der Waals surface area contributed by atoms with Crippen LogP contribution in [0.25, 0.3) is 0 Å². The molecule has 0 atom stereocenters. The molecule has 0 N–H and O–H groups in total. The molecule has 0 amide bonds. The molecular formula is C3H5ClI-. The molecule has 0 saturated heterocycles. The predicted octanol–water partition coefficient (Wildman–Crippen LogP) is -1.24. The van der Waals surface area contributed by atoms with Crippen molar-refractivity contribution in [3.05, 3.63) is 10.2 Å². The third-order valence-electron chi connectivity index (χ3n) is 0.174. The first kappa shape index (κ1) is 5.76. The van der Waals surface area contributed by atoms with Crippen LogP contribution in [-0.4, -0.2) is 0 Å². The molecule has 5 heavy (non-hydrogen) atoms. The summed E-state index contributed by atoms with van der Waals surface area (Å²) in [6.45, 7) is 1.97. The Hall–Kier alpha value is 0.760.